The standard InChI is InChI=1S/C12H13FN4O/c1-7-11(14)15-6-16-12(7)17-9-4-3-8(13)5-10(9)18-2/h3-6H,1-2H3,(H3,14,15,16,17). The summed E-state index contributed by atoms with van der Waals surface area (Å²) >= 11 is 0. The van der Waals surface area contributed by atoms with Crippen molar-refractivity contribution in [1.82, 2.24) is 9.97 Å². The fourth-order valence-corrected chi connectivity index (χ4v) is 1.49. The van der Waals surface area contributed by atoms with Gasteiger partial charge in [0.2, 0.25) is 0 Å². The highest BCUT2D eigenvalue weighted by molar-refractivity contribution is 5.68. The van der Waals surface area contributed by atoms with E-state index in [4.69, 9.17) is 10.5 Å². The average molecular weight is 248 g/mol. The number of benzene rings is 1. The molecule has 18 heavy (non-hydrogen) atoms. The first-order chi connectivity index (χ1) is 8.61. The van der Waals surface area contributed by atoms with E-state index in [1.165, 1.54) is 25.6 Å². The molecule has 0 aliphatic carbocycles. The van der Waals surface area contributed by atoms with E-state index < -0.39 is 0 Å². The average Bonchev–Trinajstić information content (AvgIpc) is 2.37. The smallest absolute Gasteiger partial charge is 0.145 e. The minimum Gasteiger partial charge on any atom is -0.494 e. The van der Waals surface area contributed by atoms with Crippen LogP contribution in [0, 0.1) is 12.7 Å². The number of hydrogen-bond acceptors (Lipinski definition) is 5. The van der Waals surface area contributed by atoms with Crippen LogP contribution in [0.4, 0.5) is 21.7 Å². The van der Waals surface area contributed by atoms with Crippen LogP contribution in [0.1, 0.15) is 5.56 Å². The third-order valence-electron chi connectivity index (χ3n) is 2.54. The molecular weight excluding hydrogens is 235 g/mol. The molecule has 1 aromatic carbocycles. The largest absolute Gasteiger partial charge is 0.494 e. The minimum absolute atomic E-state index is 0.365. The van der Waals surface area contributed by atoms with Gasteiger partial charge in [-0.05, 0) is 19.1 Å². The normalized spacial score (nSPS) is 10.2. The molecule has 6 heteroatoms. The number of halogens is 1. The van der Waals surface area contributed by atoms with Crippen LogP contribution in [0.15, 0.2) is 24.5 Å². The molecule has 1 aromatic heterocycles. The molecular formula is C12H13FN4O. The lowest BCUT2D eigenvalue weighted by Crippen LogP contribution is -2.03. The zero-order valence-corrected chi connectivity index (χ0v) is 10.1. The predicted octanol–water partition coefficient (Wildman–Crippen LogP) is 2.26. The Morgan fingerprint density at radius 3 is 2.83 bits per heavy atom. The molecule has 0 amide bonds. The summed E-state index contributed by atoms with van der Waals surface area (Å²) in [5.41, 5.74) is 7.02. The van der Waals surface area contributed by atoms with Gasteiger partial charge in [-0.1, -0.05) is 0 Å². The third kappa shape index (κ3) is 2.32. The van der Waals surface area contributed by atoms with Crippen molar-refractivity contribution in [2.24, 2.45) is 0 Å². The van der Waals surface area contributed by atoms with Gasteiger partial charge in [0.05, 0.1) is 12.8 Å². The summed E-state index contributed by atoms with van der Waals surface area (Å²) in [6.45, 7) is 1.80. The zero-order chi connectivity index (χ0) is 13.1. The Kier molecular flexibility index (Phi) is 3.27. The van der Waals surface area contributed by atoms with Crippen LogP contribution in [-0.4, -0.2) is 17.1 Å². The lowest BCUT2D eigenvalue weighted by Gasteiger charge is -2.12. The van der Waals surface area contributed by atoms with E-state index >= 15 is 0 Å². The first-order valence-corrected chi connectivity index (χ1v) is 5.29. The molecule has 0 aliphatic rings. The van der Waals surface area contributed by atoms with Crippen LogP contribution < -0.4 is 15.8 Å². The Morgan fingerprint density at radius 1 is 1.33 bits per heavy atom. The summed E-state index contributed by atoms with van der Waals surface area (Å²) in [6, 6.07) is 4.21. The molecule has 1 heterocycles. The van der Waals surface area contributed by atoms with Crippen molar-refractivity contribution in [2.75, 3.05) is 18.2 Å². The van der Waals surface area contributed by atoms with Gasteiger partial charge >= 0.3 is 0 Å². The van der Waals surface area contributed by atoms with Gasteiger partial charge in [0.1, 0.15) is 29.5 Å². The topological polar surface area (TPSA) is 73.1 Å². The van der Waals surface area contributed by atoms with Gasteiger partial charge in [-0.25, -0.2) is 14.4 Å². The number of methoxy groups -OCH3 is 1. The maximum Gasteiger partial charge on any atom is 0.145 e. The fourth-order valence-electron chi connectivity index (χ4n) is 1.49. The number of nitrogen functional groups attached to an aromatic ring is 1. The molecule has 5 nitrogen and oxygen atoms in total. The summed E-state index contributed by atoms with van der Waals surface area (Å²) in [5.74, 6) is 0.990. The molecule has 2 aromatic rings. The molecule has 0 saturated heterocycles. The van der Waals surface area contributed by atoms with Gasteiger partial charge < -0.3 is 15.8 Å². The lowest BCUT2D eigenvalue weighted by atomic mass is 10.2. The summed E-state index contributed by atoms with van der Waals surface area (Å²) in [5, 5.41) is 3.04. The number of anilines is 3. The Balaban J connectivity index is 2.37. The van der Waals surface area contributed by atoms with E-state index in [0.717, 1.165) is 5.56 Å². The maximum atomic E-state index is 13.1. The van der Waals surface area contributed by atoms with Crippen LogP contribution in [0.25, 0.3) is 0 Å². The number of aromatic nitrogens is 2. The molecule has 0 saturated carbocycles. The number of nitrogens with one attached hydrogen (secondary N) is 1. The first-order valence-electron chi connectivity index (χ1n) is 5.29. The van der Waals surface area contributed by atoms with Gasteiger partial charge in [-0.3, -0.25) is 0 Å². The highest BCUT2D eigenvalue weighted by Crippen LogP contribution is 2.29. The summed E-state index contributed by atoms with van der Waals surface area (Å²) in [4.78, 5) is 7.95. The predicted molar refractivity (Wildman–Crippen MR) is 67.4 cm³/mol. The van der Waals surface area contributed by atoms with E-state index in [9.17, 15) is 4.39 Å². The molecule has 0 fully saturated rings. The van der Waals surface area contributed by atoms with Crippen molar-refractivity contribution in [1.29, 1.82) is 0 Å². The summed E-state index contributed by atoms with van der Waals surface area (Å²) < 4.78 is 18.2. The number of hydrogen-bond donors (Lipinski definition) is 2. The van der Waals surface area contributed by atoms with E-state index in [1.807, 2.05) is 0 Å². The molecule has 0 atom stereocenters. The molecule has 0 aliphatic heterocycles. The lowest BCUT2D eigenvalue weighted by molar-refractivity contribution is 0.413. The molecule has 0 bridgehead atoms. The quantitative estimate of drug-likeness (QED) is 0.871. The van der Waals surface area contributed by atoms with Gasteiger partial charge in [-0.2, -0.15) is 0 Å². The Labute approximate surface area is 104 Å². The fraction of sp³-hybridized carbons (Fsp3) is 0.167. The van der Waals surface area contributed by atoms with Crippen LogP contribution in [0.3, 0.4) is 0 Å². The molecule has 0 spiro atoms. The van der Waals surface area contributed by atoms with Gasteiger partial charge in [0, 0.05) is 11.6 Å². The Morgan fingerprint density at radius 2 is 2.11 bits per heavy atom. The van der Waals surface area contributed by atoms with E-state index in [1.54, 1.807) is 13.0 Å². The minimum atomic E-state index is -0.365. The SMILES string of the molecule is COc1cc(F)ccc1Nc1ncnc(N)c1C. The van der Waals surface area contributed by atoms with Gasteiger partial charge in [-0.15, -0.1) is 0 Å². The van der Waals surface area contributed by atoms with Crippen LogP contribution in [-0.2, 0) is 0 Å². The first kappa shape index (κ1) is 12.1. The van der Waals surface area contributed by atoms with Crippen molar-refractivity contribution in [3.8, 4) is 5.75 Å². The van der Waals surface area contributed by atoms with Gasteiger partial charge in [0.25, 0.3) is 0 Å². The van der Waals surface area contributed by atoms with Crippen molar-refractivity contribution in [3.63, 3.8) is 0 Å². The van der Waals surface area contributed by atoms with E-state index in [0.29, 0.717) is 23.1 Å². The summed E-state index contributed by atoms with van der Waals surface area (Å²) in [6.07, 6.45) is 1.36. The summed E-state index contributed by atoms with van der Waals surface area (Å²) in [7, 11) is 1.47. The van der Waals surface area contributed by atoms with E-state index in [-0.39, 0.29) is 5.82 Å². The highest BCUT2D eigenvalue weighted by atomic mass is 19.1. The molecule has 2 rings (SSSR count). The second kappa shape index (κ2) is 4.87. The third-order valence-corrected chi connectivity index (χ3v) is 2.54. The number of nitrogens with zero attached hydrogens (tertiary/aromatic N) is 2. The van der Waals surface area contributed by atoms with Crippen molar-refractivity contribution >= 4 is 17.3 Å². The number of rotatable bonds is 3. The second-order valence-corrected chi connectivity index (χ2v) is 3.70. The van der Waals surface area contributed by atoms with Crippen molar-refractivity contribution < 1.29 is 9.13 Å². The number of ether oxygens (including phenoxy) is 1. The molecule has 94 valence electrons. The van der Waals surface area contributed by atoms with Crippen molar-refractivity contribution in [3.05, 3.63) is 35.9 Å². The zero-order valence-electron chi connectivity index (χ0n) is 10.1. The maximum absolute atomic E-state index is 13.1. The van der Waals surface area contributed by atoms with Crippen LogP contribution >= 0.6 is 0 Å². The van der Waals surface area contributed by atoms with Crippen molar-refractivity contribution in [2.45, 2.75) is 6.92 Å². The van der Waals surface area contributed by atoms with Crippen LogP contribution in [0.2, 0.25) is 0 Å². The Hall–Kier alpha value is -2.37. The Bertz CT molecular complexity index is 574. The van der Waals surface area contributed by atoms with Crippen LogP contribution in [0.5, 0.6) is 5.75 Å². The van der Waals surface area contributed by atoms with Gasteiger partial charge in [0.15, 0.2) is 0 Å². The molecule has 3 N–H and O–H groups in total. The monoisotopic (exact) mass is 248 g/mol. The molecule has 0 unspecified atom stereocenters. The highest BCUT2D eigenvalue weighted by Gasteiger charge is 2.08. The van der Waals surface area contributed by atoms with E-state index in [2.05, 4.69) is 15.3 Å². The molecule has 0 radical (unpaired) electrons. The number of nitrogens with two attached hydrogens (primary N) is 1. The second-order valence-electron chi connectivity index (χ2n) is 3.70.